The minimum atomic E-state index is -0.949. The van der Waals surface area contributed by atoms with Crippen molar-refractivity contribution in [2.75, 3.05) is 19.6 Å². The van der Waals surface area contributed by atoms with Crippen LogP contribution in [0.15, 0.2) is 42.7 Å². The molecule has 1 saturated heterocycles. The molecule has 3 amide bonds. The van der Waals surface area contributed by atoms with E-state index < -0.39 is 5.60 Å². The highest BCUT2D eigenvalue weighted by Crippen LogP contribution is 2.53. The zero-order valence-corrected chi connectivity index (χ0v) is 19.0. The smallest absolute Gasteiger partial charge is 0.410 e. The van der Waals surface area contributed by atoms with Crippen LogP contribution in [0.1, 0.15) is 38.4 Å². The summed E-state index contributed by atoms with van der Waals surface area (Å²) in [7, 11) is 0. The molecule has 2 unspecified atom stereocenters. The Morgan fingerprint density at radius 3 is 2.69 bits per heavy atom. The summed E-state index contributed by atoms with van der Waals surface area (Å²) in [5.41, 5.74) is 5.28. The molecule has 4 atom stereocenters. The summed E-state index contributed by atoms with van der Waals surface area (Å²) in [5.74, 6) is 1.55. The lowest BCUT2D eigenvalue weighted by molar-refractivity contribution is 0.0573. The van der Waals surface area contributed by atoms with Gasteiger partial charge < -0.3 is 19.9 Å². The number of rotatable bonds is 7. The van der Waals surface area contributed by atoms with Gasteiger partial charge in [0.15, 0.2) is 5.60 Å². The van der Waals surface area contributed by atoms with Gasteiger partial charge in [-0.1, -0.05) is 31.7 Å². The molecule has 1 aromatic rings. The van der Waals surface area contributed by atoms with E-state index in [1.165, 1.54) is 28.8 Å². The molecule has 0 bridgehead atoms. The summed E-state index contributed by atoms with van der Waals surface area (Å²) in [6.45, 7) is 16.3. The Kier molecular flexibility index (Phi) is 6.16. The number of piperidine rings is 1. The fourth-order valence-corrected chi connectivity index (χ4v) is 5.04. The summed E-state index contributed by atoms with van der Waals surface area (Å²) >= 11 is 0. The number of nitrogens with zero attached hydrogens (tertiary/aromatic N) is 2. The third-order valence-corrected chi connectivity index (χ3v) is 7.15. The molecule has 32 heavy (non-hydrogen) atoms. The summed E-state index contributed by atoms with van der Waals surface area (Å²) in [4.78, 5) is 28.7. The minimum absolute atomic E-state index is 0. The van der Waals surface area contributed by atoms with E-state index in [9.17, 15) is 9.59 Å². The molecule has 1 aliphatic carbocycles. The third kappa shape index (κ3) is 4.46. The van der Waals surface area contributed by atoms with Crippen molar-refractivity contribution in [3.63, 3.8) is 0 Å². The van der Waals surface area contributed by atoms with Crippen LogP contribution in [-0.4, -0.2) is 47.2 Å². The van der Waals surface area contributed by atoms with Crippen LogP contribution in [0, 0.1) is 24.3 Å². The number of aryl methyl sites for hydroxylation is 1. The van der Waals surface area contributed by atoms with Crippen molar-refractivity contribution in [1.29, 1.82) is 0 Å². The second-order valence-electron chi connectivity index (χ2n) is 9.30. The number of hydrogen-bond donors (Lipinski definition) is 1. The molecule has 0 aromatic heterocycles. The molecule has 1 aromatic carbocycles. The predicted octanol–water partition coefficient (Wildman–Crippen LogP) is 4.31. The number of carbonyl (C=O) groups excluding carboxylic acids is 2. The van der Waals surface area contributed by atoms with Gasteiger partial charge in [0.2, 0.25) is 0 Å². The fraction of sp³-hybridized carbons (Fsp3) is 0.500. The Hall–Kier alpha value is -2.98. The third-order valence-electron chi connectivity index (χ3n) is 7.15. The number of carbonyl (C=O) groups is 2. The molecular formula is C26H34N3O3. The van der Waals surface area contributed by atoms with E-state index in [0.29, 0.717) is 50.5 Å². The van der Waals surface area contributed by atoms with Crippen molar-refractivity contribution in [2.24, 2.45) is 17.8 Å². The van der Waals surface area contributed by atoms with E-state index in [0.717, 1.165) is 12.8 Å². The van der Waals surface area contributed by atoms with Crippen LogP contribution < -0.4 is 5.32 Å². The minimum Gasteiger partial charge on any atom is -0.434 e. The molecule has 4 rings (SSSR count). The van der Waals surface area contributed by atoms with Crippen LogP contribution in [0.4, 0.5) is 9.59 Å². The number of benzene rings is 1. The number of likely N-dealkylation sites (tertiary alicyclic amines) is 1. The first-order valence-corrected chi connectivity index (χ1v) is 11.4. The van der Waals surface area contributed by atoms with Crippen LogP contribution in [0.5, 0.6) is 0 Å². The highest BCUT2D eigenvalue weighted by Gasteiger charge is 2.56. The number of amides is 3. The number of nitrogens with one attached hydrogen (secondary N) is 1. The van der Waals surface area contributed by atoms with Crippen molar-refractivity contribution < 1.29 is 15.8 Å². The molecule has 171 valence electrons. The van der Waals surface area contributed by atoms with Crippen LogP contribution in [0.2, 0.25) is 0 Å². The van der Waals surface area contributed by atoms with Gasteiger partial charge in [0, 0.05) is 40.2 Å². The lowest BCUT2D eigenvalue weighted by Crippen LogP contribution is -2.39. The van der Waals surface area contributed by atoms with Gasteiger partial charge in [-0.3, -0.25) is 0 Å². The van der Waals surface area contributed by atoms with Crippen LogP contribution >= 0.6 is 0 Å². The van der Waals surface area contributed by atoms with Gasteiger partial charge in [-0.25, -0.2) is 9.59 Å². The zero-order chi connectivity index (χ0) is 22.9. The topological polar surface area (TPSA) is 61.9 Å². The normalized spacial score (nSPS) is 24.6. The summed E-state index contributed by atoms with van der Waals surface area (Å²) < 4.78 is 5.53. The molecule has 2 fully saturated rings. The highest BCUT2D eigenvalue weighted by atomic mass is 16.6. The molecule has 1 saturated carbocycles. The average molecular weight is 437 g/mol. The van der Waals surface area contributed by atoms with Crippen molar-refractivity contribution in [2.45, 2.75) is 45.4 Å². The number of ether oxygens (including phenoxy) is 1. The van der Waals surface area contributed by atoms with Gasteiger partial charge in [0.25, 0.3) is 0 Å². The lowest BCUT2D eigenvalue weighted by atomic mass is 10.1. The van der Waals surface area contributed by atoms with Gasteiger partial charge in [-0.05, 0) is 66.9 Å². The van der Waals surface area contributed by atoms with Crippen molar-refractivity contribution in [3.8, 4) is 0 Å². The summed E-state index contributed by atoms with van der Waals surface area (Å²) in [6, 6.07) is 6.51. The maximum atomic E-state index is 12.6. The first-order chi connectivity index (χ1) is 15.4. The first kappa shape index (κ1) is 22.2. The molecule has 3 aliphatic rings. The predicted molar refractivity (Wildman–Crippen MR) is 125 cm³/mol. The quantitative estimate of drug-likeness (QED) is 0.512. The van der Waals surface area contributed by atoms with Gasteiger partial charge in [0.05, 0.1) is 0 Å². The van der Waals surface area contributed by atoms with E-state index in [-0.39, 0.29) is 13.6 Å². The molecule has 6 heteroatoms. The van der Waals surface area contributed by atoms with E-state index in [1.807, 2.05) is 4.90 Å². The van der Waals surface area contributed by atoms with Gasteiger partial charge in [-0.15, -0.1) is 5.73 Å². The standard InChI is InChI=1S/C26H32N3O3.H2/c1-5-11-26(4,7-3)32-25(31)29-16-22-21(23(22)17-29)10-12-27-24(30)28-14-19-9-8-18(6-2)13-20(19)15-28;/h1,7-9,11,13,21-23H,3,6,10,12,14-17H2,2,4H3,(H,27,30);1H/t5?,21?,22-,23+,26?;. The van der Waals surface area contributed by atoms with Crippen LogP contribution in [0.3, 0.4) is 0 Å². The van der Waals surface area contributed by atoms with E-state index in [4.69, 9.17) is 11.3 Å². The molecular weight excluding hydrogens is 402 g/mol. The van der Waals surface area contributed by atoms with Crippen molar-refractivity contribution in [3.05, 3.63) is 65.9 Å². The zero-order valence-electron chi connectivity index (χ0n) is 19.0. The molecule has 1 radical (unpaired) electrons. The lowest BCUT2D eigenvalue weighted by Gasteiger charge is -2.26. The Bertz CT molecular complexity index is 962. The van der Waals surface area contributed by atoms with Crippen molar-refractivity contribution in [1.82, 2.24) is 15.1 Å². The molecule has 6 nitrogen and oxygen atoms in total. The van der Waals surface area contributed by atoms with E-state index >= 15 is 0 Å². The van der Waals surface area contributed by atoms with Crippen LogP contribution in [-0.2, 0) is 24.2 Å². The molecule has 2 aliphatic heterocycles. The monoisotopic (exact) mass is 436 g/mol. The maximum Gasteiger partial charge on any atom is 0.410 e. The number of urea groups is 1. The summed E-state index contributed by atoms with van der Waals surface area (Å²) in [6.07, 6.45) is 4.63. The molecule has 0 spiro atoms. The van der Waals surface area contributed by atoms with E-state index in [1.54, 1.807) is 11.8 Å². The Morgan fingerprint density at radius 2 is 2.03 bits per heavy atom. The van der Waals surface area contributed by atoms with Gasteiger partial charge >= 0.3 is 12.1 Å². The highest BCUT2D eigenvalue weighted by molar-refractivity contribution is 5.75. The number of fused-ring (bicyclic) bond motifs is 2. The summed E-state index contributed by atoms with van der Waals surface area (Å²) in [5, 5.41) is 3.08. The first-order valence-electron chi connectivity index (χ1n) is 11.4. The largest absolute Gasteiger partial charge is 0.434 e. The van der Waals surface area contributed by atoms with Crippen LogP contribution in [0.25, 0.3) is 0 Å². The number of hydrogen-bond acceptors (Lipinski definition) is 3. The Morgan fingerprint density at radius 1 is 1.31 bits per heavy atom. The second kappa shape index (κ2) is 8.87. The van der Waals surface area contributed by atoms with Gasteiger partial charge in [-0.2, -0.15) is 0 Å². The van der Waals surface area contributed by atoms with E-state index in [2.05, 4.69) is 42.7 Å². The second-order valence-corrected chi connectivity index (χ2v) is 9.30. The SMILES string of the molecule is [CH]=C=CC(C)(C=C)OC(=O)N1C[C@@H]2C(CCNC(=O)N3Cc4ccc(CC)cc4C3)[C@@H]2C1.[HH]. The average Bonchev–Trinajstić information content (AvgIpc) is 3.14. The molecule has 1 N–H and O–H groups in total. The van der Waals surface area contributed by atoms with Gasteiger partial charge in [0.1, 0.15) is 0 Å². The Balaban J connectivity index is 0.00000306. The van der Waals surface area contributed by atoms with Crippen molar-refractivity contribution >= 4 is 12.1 Å². The Labute approximate surface area is 192 Å². The maximum absolute atomic E-state index is 12.6. The fourth-order valence-electron chi connectivity index (χ4n) is 5.04. The molecule has 2 heterocycles.